The third-order valence-electron chi connectivity index (χ3n) is 2.85. The first-order valence-corrected chi connectivity index (χ1v) is 6.47. The first-order chi connectivity index (χ1) is 9.04. The number of halogens is 1. The molecule has 1 aliphatic heterocycles. The molecule has 1 heterocycles. The second-order valence-corrected chi connectivity index (χ2v) is 4.93. The molecule has 19 heavy (non-hydrogen) atoms. The number of methoxy groups -OCH3 is 1. The molecule has 0 amide bonds. The van der Waals surface area contributed by atoms with Gasteiger partial charge in [-0.15, -0.1) is 0 Å². The molecule has 1 atom stereocenters. The van der Waals surface area contributed by atoms with Crippen LogP contribution in [0.5, 0.6) is 17.2 Å². The normalized spacial score (nSPS) is 14.3. The number of fused-ring (bicyclic) bond motifs is 1. The smallest absolute Gasteiger partial charge is 0.303 e. The lowest BCUT2D eigenvalue weighted by atomic mass is 10.00. The van der Waals surface area contributed by atoms with Gasteiger partial charge in [0.15, 0.2) is 11.5 Å². The van der Waals surface area contributed by atoms with Crippen molar-refractivity contribution in [2.75, 3.05) is 13.9 Å². The van der Waals surface area contributed by atoms with Crippen molar-refractivity contribution in [3.8, 4) is 17.2 Å². The summed E-state index contributed by atoms with van der Waals surface area (Å²) in [6, 6.07) is 1.24. The zero-order chi connectivity index (χ0) is 14.0. The number of benzene rings is 1. The second-order valence-electron chi connectivity index (χ2n) is 4.08. The molecule has 1 aromatic carbocycles. The van der Waals surface area contributed by atoms with Crippen LogP contribution in [-0.4, -0.2) is 25.0 Å². The molecule has 1 aliphatic rings. The monoisotopic (exact) mass is 331 g/mol. The molecular formula is C12H14BrNO5. The summed E-state index contributed by atoms with van der Waals surface area (Å²) in [4.78, 5) is 10.6. The van der Waals surface area contributed by atoms with Crippen molar-refractivity contribution < 1.29 is 24.1 Å². The van der Waals surface area contributed by atoms with Gasteiger partial charge >= 0.3 is 5.97 Å². The maximum Gasteiger partial charge on any atom is 0.303 e. The fraction of sp³-hybridized carbons (Fsp3) is 0.417. The molecule has 7 heteroatoms. The molecule has 0 aromatic heterocycles. The van der Waals surface area contributed by atoms with E-state index in [4.69, 9.17) is 25.1 Å². The molecule has 0 radical (unpaired) electrons. The van der Waals surface area contributed by atoms with Crippen molar-refractivity contribution in [1.82, 2.24) is 0 Å². The van der Waals surface area contributed by atoms with Gasteiger partial charge in [0, 0.05) is 18.5 Å². The topological polar surface area (TPSA) is 91.0 Å². The Morgan fingerprint density at radius 3 is 3.00 bits per heavy atom. The molecule has 0 spiro atoms. The number of hydrogen-bond donors (Lipinski definition) is 2. The summed E-state index contributed by atoms with van der Waals surface area (Å²) in [6.45, 7) is 0.119. The maximum atomic E-state index is 10.6. The van der Waals surface area contributed by atoms with Gasteiger partial charge in [-0.25, -0.2) is 0 Å². The highest BCUT2D eigenvalue weighted by molar-refractivity contribution is 9.10. The van der Waals surface area contributed by atoms with Gasteiger partial charge in [0.2, 0.25) is 6.79 Å². The van der Waals surface area contributed by atoms with Gasteiger partial charge in [-0.2, -0.15) is 0 Å². The van der Waals surface area contributed by atoms with Crippen LogP contribution >= 0.6 is 15.9 Å². The lowest BCUT2D eigenvalue weighted by Crippen LogP contribution is -2.14. The number of aliphatic carboxylic acids is 1. The lowest BCUT2D eigenvalue weighted by Gasteiger charge is -2.18. The molecule has 6 nitrogen and oxygen atoms in total. The number of ether oxygens (including phenoxy) is 3. The predicted octanol–water partition coefficient (Wildman–Crippen LogP) is 2.05. The Labute approximate surface area is 118 Å². The minimum absolute atomic E-state index is 0.0214. The third kappa shape index (κ3) is 2.76. The summed E-state index contributed by atoms with van der Waals surface area (Å²) in [5, 5.41) is 8.73. The van der Waals surface area contributed by atoms with E-state index in [2.05, 4.69) is 15.9 Å². The SMILES string of the molecule is COc1c(Br)cc2c(c1C(N)CCC(=O)O)OCO2. The summed E-state index contributed by atoms with van der Waals surface area (Å²) in [7, 11) is 1.52. The highest BCUT2D eigenvalue weighted by atomic mass is 79.9. The quantitative estimate of drug-likeness (QED) is 0.858. The van der Waals surface area contributed by atoms with Crippen molar-refractivity contribution in [2.24, 2.45) is 5.73 Å². The van der Waals surface area contributed by atoms with Crippen LogP contribution in [0.1, 0.15) is 24.4 Å². The van der Waals surface area contributed by atoms with Gasteiger partial charge in [-0.1, -0.05) is 0 Å². The Morgan fingerprint density at radius 2 is 2.37 bits per heavy atom. The first kappa shape index (κ1) is 14.0. The second kappa shape index (κ2) is 5.66. The number of hydrogen-bond acceptors (Lipinski definition) is 5. The van der Waals surface area contributed by atoms with E-state index in [0.717, 1.165) is 0 Å². The zero-order valence-electron chi connectivity index (χ0n) is 10.3. The first-order valence-electron chi connectivity index (χ1n) is 5.68. The molecule has 0 bridgehead atoms. The number of carbonyl (C=O) groups is 1. The van der Waals surface area contributed by atoms with E-state index in [1.165, 1.54) is 7.11 Å². The predicted molar refractivity (Wildman–Crippen MR) is 70.6 cm³/mol. The van der Waals surface area contributed by atoms with Crippen molar-refractivity contribution in [2.45, 2.75) is 18.9 Å². The minimum atomic E-state index is -0.891. The van der Waals surface area contributed by atoms with Crippen LogP contribution in [0.4, 0.5) is 0 Å². The average Bonchev–Trinajstić information content (AvgIpc) is 2.81. The van der Waals surface area contributed by atoms with Crippen LogP contribution in [0.25, 0.3) is 0 Å². The van der Waals surface area contributed by atoms with Crippen molar-refractivity contribution in [3.05, 3.63) is 16.1 Å². The Kier molecular flexibility index (Phi) is 4.16. The molecule has 2 rings (SSSR count). The molecule has 0 saturated heterocycles. The molecule has 104 valence electrons. The number of carboxylic acid groups (broad SMARTS) is 1. The molecule has 1 unspecified atom stereocenters. The van der Waals surface area contributed by atoms with Crippen LogP contribution in [0.3, 0.4) is 0 Å². The molecule has 0 aliphatic carbocycles. The maximum absolute atomic E-state index is 10.6. The van der Waals surface area contributed by atoms with E-state index >= 15 is 0 Å². The summed E-state index contributed by atoms with van der Waals surface area (Å²) in [6.07, 6.45) is 0.268. The average molecular weight is 332 g/mol. The van der Waals surface area contributed by atoms with Crippen LogP contribution < -0.4 is 19.9 Å². The summed E-state index contributed by atoms with van der Waals surface area (Å²) in [5.74, 6) is 0.756. The standard InChI is InChI=1S/C12H14BrNO5/c1-17-11-6(13)4-8-12(19-5-18-8)10(11)7(14)2-3-9(15)16/h4,7H,2-3,5,14H2,1H3,(H,15,16). The fourth-order valence-electron chi connectivity index (χ4n) is 1.99. The van der Waals surface area contributed by atoms with E-state index in [-0.39, 0.29) is 19.6 Å². The van der Waals surface area contributed by atoms with Crippen molar-refractivity contribution in [3.63, 3.8) is 0 Å². The fourth-order valence-corrected chi connectivity index (χ4v) is 2.57. The summed E-state index contributed by atoms with van der Waals surface area (Å²) < 4.78 is 16.7. The van der Waals surface area contributed by atoms with Gasteiger partial charge in [0.1, 0.15) is 5.75 Å². The highest BCUT2D eigenvalue weighted by Gasteiger charge is 2.28. The van der Waals surface area contributed by atoms with Gasteiger partial charge in [-0.05, 0) is 22.4 Å². The number of nitrogens with two attached hydrogens (primary N) is 1. The minimum Gasteiger partial charge on any atom is -0.495 e. The van der Waals surface area contributed by atoms with E-state index in [0.29, 0.717) is 27.3 Å². The lowest BCUT2D eigenvalue weighted by molar-refractivity contribution is -0.137. The number of rotatable bonds is 5. The zero-order valence-corrected chi connectivity index (χ0v) is 11.9. The third-order valence-corrected chi connectivity index (χ3v) is 3.44. The molecular weight excluding hydrogens is 318 g/mol. The van der Waals surface area contributed by atoms with E-state index in [9.17, 15) is 4.79 Å². The van der Waals surface area contributed by atoms with E-state index in [1.54, 1.807) is 6.07 Å². The Bertz CT molecular complexity index is 502. The Hall–Kier alpha value is -1.47. The molecule has 1 aromatic rings. The Morgan fingerprint density at radius 1 is 1.63 bits per heavy atom. The van der Waals surface area contributed by atoms with Crippen LogP contribution in [0.2, 0.25) is 0 Å². The summed E-state index contributed by atoms with van der Waals surface area (Å²) in [5.41, 5.74) is 6.69. The van der Waals surface area contributed by atoms with Crippen LogP contribution in [0, 0.1) is 0 Å². The molecule has 0 saturated carbocycles. The van der Waals surface area contributed by atoms with Gasteiger partial charge < -0.3 is 25.1 Å². The highest BCUT2D eigenvalue weighted by Crippen LogP contribution is 2.48. The van der Waals surface area contributed by atoms with Crippen molar-refractivity contribution in [1.29, 1.82) is 0 Å². The van der Waals surface area contributed by atoms with Gasteiger partial charge in [0.05, 0.1) is 17.1 Å². The van der Waals surface area contributed by atoms with Gasteiger partial charge in [0.25, 0.3) is 0 Å². The van der Waals surface area contributed by atoms with Crippen LogP contribution in [-0.2, 0) is 4.79 Å². The van der Waals surface area contributed by atoms with Crippen molar-refractivity contribution >= 4 is 21.9 Å². The largest absolute Gasteiger partial charge is 0.495 e. The molecule has 0 fully saturated rings. The van der Waals surface area contributed by atoms with Gasteiger partial charge in [-0.3, -0.25) is 4.79 Å². The van der Waals surface area contributed by atoms with E-state index < -0.39 is 12.0 Å². The number of carboxylic acids is 1. The Balaban J connectivity index is 2.39. The molecule has 3 N–H and O–H groups in total. The van der Waals surface area contributed by atoms with E-state index in [1.807, 2.05) is 0 Å². The summed E-state index contributed by atoms with van der Waals surface area (Å²) >= 11 is 3.38. The van der Waals surface area contributed by atoms with Crippen LogP contribution in [0.15, 0.2) is 10.5 Å².